The first kappa shape index (κ1) is 19.7. The van der Waals surface area contributed by atoms with Gasteiger partial charge in [0.25, 0.3) is 0 Å². The van der Waals surface area contributed by atoms with Crippen LogP contribution in [0.5, 0.6) is 0 Å². The molecular formula is C24H36GeN+. The summed E-state index contributed by atoms with van der Waals surface area (Å²) in [6.07, 6.45) is 8.05. The van der Waals surface area contributed by atoms with Gasteiger partial charge in [0.05, 0.1) is 0 Å². The molecule has 1 aliphatic rings. The van der Waals surface area contributed by atoms with Gasteiger partial charge in [0.2, 0.25) is 0 Å². The van der Waals surface area contributed by atoms with E-state index in [0.717, 1.165) is 5.92 Å². The van der Waals surface area contributed by atoms with Gasteiger partial charge in [-0.15, -0.1) is 0 Å². The van der Waals surface area contributed by atoms with Crippen molar-refractivity contribution in [2.45, 2.75) is 75.6 Å². The van der Waals surface area contributed by atoms with Crippen molar-refractivity contribution in [2.24, 2.45) is 7.05 Å². The average Bonchev–Trinajstić information content (AvgIpc) is 3.08. The van der Waals surface area contributed by atoms with Crippen LogP contribution in [-0.4, -0.2) is 13.3 Å². The first-order valence-corrected chi connectivity index (χ1v) is 17.7. The van der Waals surface area contributed by atoms with Crippen molar-refractivity contribution < 1.29 is 4.57 Å². The third kappa shape index (κ3) is 3.93. The average molecular weight is 411 g/mol. The molecule has 1 fully saturated rings. The van der Waals surface area contributed by atoms with Gasteiger partial charge in [-0.25, -0.2) is 0 Å². The number of aryl methyl sites for hydroxylation is 2. The van der Waals surface area contributed by atoms with Crippen molar-refractivity contribution in [3.05, 3.63) is 47.2 Å². The van der Waals surface area contributed by atoms with Gasteiger partial charge in [-0.05, 0) is 0 Å². The molecule has 0 N–H and O–H groups in total. The van der Waals surface area contributed by atoms with Crippen LogP contribution in [0.4, 0.5) is 0 Å². The van der Waals surface area contributed by atoms with Crippen molar-refractivity contribution in [1.82, 2.24) is 0 Å². The molecule has 2 heteroatoms. The van der Waals surface area contributed by atoms with Gasteiger partial charge in [0.1, 0.15) is 0 Å². The zero-order valence-electron chi connectivity index (χ0n) is 17.8. The fourth-order valence-corrected chi connectivity index (χ4v) is 8.06. The molecule has 1 saturated carbocycles. The number of hydrogen-bond donors (Lipinski definition) is 0. The van der Waals surface area contributed by atoms with Crippen LogP contribution in [0, 0.1) is 6.92 Å². The van der Waals surface area contributed by atoms with E-state index in [1.54, 1.807) is 9.96 Å². The Hall–Kier alpha value is -1.09. The topological polar surface area (TPSA) is 3.88 Å². The predicted octanol–water partition coefficient (Wildman–Crippen LogP) is 5.81. The molecule has 3 rings (SSSR count). The van der Waals surface area contributed by atoms with Crippen molar-refractivity contribution in [1.29, 1.82) is 0 Å². The number of hydrogen-bond acceptors (Lipinski definition) is 0. The summed E-state index contributed by atoms with van der Waals surface area (Å²) in [5, 5.41) is 0. The Morgan fingerprint density at radius 1 is 1.04 bits per heavy atom. The molecule has 1 aliphatic carbocycles. The van der Waals surface area contributed by atoms with Crippen LogP contribution in [0.3, 0.4) is 0 Å². The quantitative estimate of drug-likeness (QED) is 0.442. The number of aromatic nitrogens is 1. The molecule has 0 saturated heterocycles. The molecule has 1 heterocycles. The van der Waals surface area contributed by atoms with Gasteiger partial charge in [0, 0.05) is 0 Å². The van der Waals surface area contributed by atoms with Crippen molar-refractivity contribution in [2.75, 3.05) is 0 Å². The molecule has 0 spiro atoms. The maximum atomic E-state index is 2.56. The summed E-state index contributed by atoms with van der Waals surface area (Å²) in [6, 6.07) is 9.60. The summed E-state index contributed by atoms with van der Waals surface area (Å²) in [5.74, 6) is 9.02. The SMILES string of the molecule is Cc1cc(C(C)C)ccc1-c1c[c]([Ge]([CH3])([CH3])[CH3])c(C2CCCC2)c[n+]1C. The van der Waals surface area contributed by atoms with Gasteiger partial charge >= 0.3 is 163 Å². The van der Waals surface area contributed by atoms with E-state index in [-0.39, 0.29) is 0 Å². The molecule has 0 unspecified atom stereocenters. The van der Waals surface area contributed by atoms with E-state index >= 15 is 0 Å². The van der Waals surface area contributed by atoms with Gasteiger partial charge in [-0.1, -0.05) is 0 Å². The Labute approximate surface area is 163 Å². The van der Waals surface area contributed by atoms with Crippen LogP contribution in [0.1, 0.15) is 68.1 Å². The van der Waals surface area contributed by atoms with Gasteiger partial charge in [0.15, 0.2) is 0 Å². The molecule has 0 atom stereocenters. The Morgan fingerprint density at radius 3 is 2.23 bits per heavy atom. The molecule has 0 bridgehead atoms. The van der Waals surface area contributed by atoms with Gasteiger partial charge in [-0.2, -0.15) is 0 Å². The first-order chi connectivity index (χ1) is 12.2. The fourth-order valence-electron chi connectivity index (χ4n) is 4.48. The zero-order valence-corrected chi connectivity index (χ0v) is 19.9. The van der Waals surface area contributed by atoms with Crippen LogP contribution in [0.25, 0.3) is 11.3 Å². The fraction of sp³-hybridized carbons (Fsp3) is 0.542. The Morgan fingerprint density at radius 2 is 1.69 bits per heavy atom. The van der Waals surface area contributed by atoms with Gasteiger partial charge < -0.3 is 0 Å². The predicted molar refractivity (Wildman–Crippen MR) is 116 cm³/mol. The van der Waals surface area contributed by atoms with Crippen LogP contribution < -0.4 is 8.96 Å². The third-order valence-corrected chi connectivity index (χ3v) is 10.4. The summed E-state index contributed by atoms with van der Waals surface area (Å²) in [5.41, 5.74) is 7.27. The number of nitrogens with zero attached hydrogens (tertiary/aromatic N) is 1. The molecule has 26 heavy (non-hydrogen) atoms. The van der Waals surface area contributed by atoms with Crippen molar-refractivity contribution >= 4 is 17.7 Å². The summed E-state index contributed by atoms with van der Waals surface area (Å²) in [4.78, 5) is 0. The molecule has 0 aliphatic heterocycles. The minimum absolute atomic E-state index is 0.585. The van der Waals surface area contributed by atoms with Gasteiger partial charge in [-0.3, -0.25) is 0 Å². The standard InChI is InChI=1S/C24H36GeN/c1-17(2)20-12-13-21(18(3)14-20)24-15-23(25(4,5)6)22(16-26(24)7)19-10-8-9-11-19/h12-17,19H,8-11H2,1-7H3/q+1. The van der Waals surface area contributed by atoms with E-state index < -0.39 is 13.3 Å². The molecule has 140 valence electrons. The van der Waals surface area contributed by atoms with E-state index in [0.29, 0.717) is 5.92 Å². The summed E-state index contributed by atoms with van der Waals surface area (Å²) < 4.78 is 4.11. The summed E-state index contributed by atoms with van der Waals surface area (Å²) in [6.45, 7) is 6.82. The molecule has 1 aromatic carbocycles. The number of pyridine rings is 1. The summed E-state index contributed by atoms with van der Waals surface area (Å²) in [7, 11) is 2.24. The maximum absolute atomic E-state index is 2.56. The molecule has 0 amide bonds. The normalized spacial score (nSPS) is 15.8. The van der Waals surface area contributed by atoms with Crippen LogP contribution in [0.2, 0.25) is 17.3 Å². The number of benzene rings is 1. The molecule has 2 aromatic rings. The van der Waals surface area contributed by atoms with E-state index in [9.17, 15) is 0 Å². The molecular weight excluding hydrogens is 375 g/mol. The van der Waals surface area contributed by atoms with Crippen LogP contribution in [-0.2, 0) is 7.05 Å². The van der Waals surface area contributed by atoms with Crippen molar-refractivity contribution in [3.63, 3.8) is 0 Å². The van der Waals surface area contributed by atoms with Crippen molar-refractivity contribution in [3.8, 4) is 11.3 Å². The number of rotatable bonds is 4. The second-order valence-corrected chi connectivity index (χ2v) is 20.2. The summed E-state index contributed by atoms with van der Waals surface area (Å²) >= 11 is -1.94. The van der Waals surface area contributed by atoms with Crippen LogP contribution in [0.15, 0.2) is 30.5 Å². The second kappa shape index (κ2) is 7.50. The molecule has 0 radical (unpaired) electrons. The minimum atomic E-state index is -1.94. The second-order valence-electron chi connectivity index (χ2n) is 9.60. The van der Waals surface area contributed by atoms with E-state index in [2.05, 4.69) is 80.1 Å². The third-order valence-electron chi connectivity index (χ3n) is 6.10. The first-order valence-electron chi connectivity index (χ1n) is 10.3. The van der Waals surface area contributed by atoms with E-state index in [4.69, 9.17) is 0 Å². The van der Waals surface area contributed by atoms with E-state index in [1.165, 1.54) is 48.1 Å². The van der Waals surface area contributed by atoms with E-state index in [1.807, 2.05) is 0 Å². The Balaban J connectivity index is 2.14. The van der Waals surface area contributed by atoms with Crippen LogP contribution >= 0.6 is 0 Å². The molecule has 1 aromatic heterocycles. The Bertz CT molecular complexity index is 793. The zero-order chi connectivity index (χ0) is 19.1. The monoisotopic (exact) mass is 412 g/mol. The Kier molecular flexibility index (Phi) is 5.67. The molecule has 1 nitrogen and oxygen atoms in total.